The van der Waals surface area contributed by atoms with Gasteiger partial charge in [-0.25, -0.2) is 10.4 Å². The number of hydrogen-bond donors (Lipinski definition) is 1. The molecular weight excluding hydrogens is 462 g/mol. The lowest BCUT2D eigenvalue weighted by Gasteiger charge is -2.10. The smallest absolute Gasteiger partial charge is 0.267 e. The summed E-state index contributed by atoms with van der Waals surface area (Å²) in [5.41, 5.74) is 8.95. The Balaban J connectivity index is 1.64. The van der Waals surface area contributed by atoms with Gasteiger partial charge < -0.3 is 0 Å². The predicted molar refractivity (Wildman–Crippen MR) is 135 cm³/mol. The van der Waals surface area contributed by atoms with Crippen LogP contribution in [0.15, 0.2) is 82.4 Å². The Morgan fingerprint density at radius 2 is 1.72 bits per heavy atom. The fraction of sp³-hybridized carbons (Fsp3) is 0.148. The van der Waals surface area contributed by atoms with Crippen LogP contribution in [-0.2, 0) is 0 Å². The van der Waals surface area contributed by atoms with Crippen LogP contribution in [0.1, 0.15) is 46.8 Å². The van der Waals surface area contributed by atoms with Crippen LogP contribution < -0.4 is 5.43 Å². The van der Waals surface area contributed by atoms with E-state index in [1.807, 2.05) is 67.6 Å². The summed E-state index contributed by atoms with van der Waals surface area (Å²) in [5.74, 6) is 0.209. The average molecular weight is 486 g/mol. The number of halogens is 1. The Hall–Kier alpha value is -3.31. The van der Waals surface area contributed by atoms with Crippen molar-refractivity contribution in [3.8, 4) is 11.3 Å². The Morgan fingerprint density at radius 3 is 2.41 bits per heavy atom. The summed E-state index contributed by atoms with van der Waals surface area (Å²) in [7, 11) is 0. The monoisotopic (exact) mass is 485 g/mol. The Bertz CT molecular complexity index is 1290. The summed E-state index contributed by atoms with van der Waals surface area (Å²) in [6.45, 7) is 6.32. The van der Waals surface area contributed by atoms with E-state index in [0.29, 0.717) is 11.5 Å². The van der Waals surface area contributed by atoms with Crippen LogP contribution in [0.4, 0.5) is 0 Å². The molecule has 0 bridgehead atoms. The molecule has 0 fully saturated rings. The van der Waals surface area contributed by atoms with Gasteiger partial charge in [0.1, 0.15) is 0 Å². The molecule has 0 aliphatic rings. The average Bonchev–Trinajstić information content (AvgIpc) is 2.79. The van der Waals surface area contributed by atoms with E-state index in [-0.39, 0.29) is 5.91 Å². The lowest BCUT2D eigenvalue weighted by Crippen LogP contribution is -2.18. The summed E-state index contributed by atoms with van der Waals surface area (Å²) >= 11 is 3.46. The quantitative estimate of drug-likeness (QED) is 0.248. The summed E-state index contributed by atoms with van der Waals surface area (Å²) in [4.78, 5) is 17.9. The zero-order valence-corrected chi connectivity index (χ0v) is 19.8. The SMILES string of the molecule is Cc1ccc2nc(-c3ccc(Br)cc3)cc(C(=O)NN=Cc3ccc(C(C)C)cc3)c2c1. The van der Waals surface area contributed by atoms with Crippen LogP contribution in [0.2, 0.25) is 0 Å². The van der Waals surface area contributed by atoms with Gasteiger partial charge in [-0.2, -0.15) is 5.10 Å². The van der Waals surface area contributed by atoms with E-state index >= 15 is 0 Å². The van der Waals surface area contributed by atoms with E-state index in [1.54, 1.807) is 6.21 Å². The molecule has 160 valence electrons. The molecule has 1 aromatic heterocycles. The molecule has 4 rings (SSSR count). The van der Waals surface area contributed by atoms with Gasteiger partial charge in [-0.1, -0.05) is 77.8 Å². The van der Waals surface area contributed by atoms with Gasteiger partial charge in [0.15, 0.2) is 0 Å². The fourth-order valence-corrected chi connectivity index (χ4v) is 3.75. The number of carbonyl (C=O) groups excluding carboxylic acids is 1. The first-order valence-electron chi connectivity index (χ1n) is 10.5. The molecule has 0 aliphatic carbocycles. The van der Waals surface area contributed by atoms with Crippen molar-refractivity contribution >= 4 is 39.0 Å². The third-order valence-electron chi connectivity index (χ3n) is 5.33. The van der Waals surface area contributed by atoms with E-state index in [9.17, 15) is 4.79 Å². The van der Waals surface area contributed by atoms with Gasteiger partial charge in [0.05, 0.1) is 23.0 Å². The maximum atomic E-state index is 13.1. The molecule has 4 aromatic rings. The largest absolute Gasteiger partial charge is 0.272 e. The van der Waals surface area contributed by atoms with Gasteiger partial charge in [0.25, 0.3) is 5.91 Å². The lowest BCUT2D eigenvalue weighted by molar-refractivity contribution is 0.0956. The number of hydrazone groups is 1. The Morgan fingerprint density at radius 1 is 1.00 bits per heavy atom. The highest BCUT2D eigenvalue weighted by molar-refractivity contribution is 9.10. The van der Waals surface area contributed by atoms with Crippen LogP contribution in [0.25, 0.3) is 22.2 Å². The number of nitrogens with one attached hydrogen (secondary N) is 1. The summed E-state index contributed by atoms with van der Waals surface area (Å²) in [6.07, 6.45) is 1.66. The molecule has 0 unspecified atom stereocenters. The molecule has 5 heteroatoms. The molecule has 1 heterocycles. The van der Waals surface area contributed by atoms with E-state index < -0.39 is 0 Å². The highest BCUT2D eigenvalue weighted by Crippen LogP contribution is 2.27. The molecule has 0 spiro atoms. The van der Waals surface area contributed by atoms with Crippen LogP contribution in [0.3, 0.4) is 0 Å². The Kier molecular flexibility index (Phi) is 6.47. The number of benzene rings is 3. The van der Waals surface area contributed by atoms with Crippen LogP contribution >= 0.6 is 15.9 Å². The summed E-state index contributed by atoms with van der Waals surface area (Å²) in [6, 6.07) is 23.8. The number of carbonyl (C=O) groups is 1. The number of aryl methyl sites for hydroxylation is 1. The zero-order chi connectivity index (χ0) is 22.7. The first-order valence-corrected chi connectivity index (χ1v) is 11.3. The highest BCUT2D eigenvalue weighted by atomic mass is 79.9. The molecule has 1 N–H and O–H groups in total. The molecular formula is C27H24BrN3O. The van der Waals surface area contributed by atoms with Crippen molar-refractivity contribution < 1.29 is 4.79 Å². The van der Waals surface area contributed by atoms with Gasteiger partial charge in [-0.15, -0.1) is 0 Å². The molecule has 0 aliphatic heterocycles. The van der Waals surface area contributed by atoms with E-state index in [2.05, 4.69) is 52.4 Å². The second-order valence-corrected chi connectivity index (χ2v) is 9.02. The molecule has 3 aromatic carbocycles. The number of nitrogens with zero attached hydrogens (tertiary/aromatic N) is 2. The number of rotatable bonds is 5. The second kappa shape index (κ2) is 9.45. The van der Waals surface area contributed by atoms with Crippen molar-refractivity contribution in [2.75, 3.05) is 0 Å². The first kappa shape index (κ1) is 21.9. The maximum absolute atomic E-state index is 13.1. The standard InChI is InChI=1S/C27H24BrN3O/c1-17(2)20-7-5-19(6-8-20)16-29-31-27(32)24-15-26(21-9-11-22(28)12-10-21)30-25-13-4-18(3)14-23(24)25/h4-17H,1-3H3,(H,31,32). The number of aromatic nitrogens is 1. The minimum Gasteiger partial charge on any atom is -0.267 e. The Labute approximate surface area is 196 Å². The normalized spacial score (nSPS) is 11.4. The minimum atomic E-state index is -0.267. The molecule has 0 saturated heterocycles. The van der Waals surface area contributed by atoms with Crippen molar-refractivity contribution in [1.29, 1.82) is 0 Å². The summed E-state index contributed by atoms with van der Waals surface area (Å²) in [5, 5.41) is 4.99. The van der Waals surface area contributed by atoms with Crippen molar-refractivity contribution in [2.45, 2.75) is 26.7 Å². The van der Waals surface area contributed by atoms with Gasteiger partial charge in [-0.05, 0) is 54.3 Å². The third-order valence-corrected chi connectivity index (χ3v) is 5.86. The zero-order valence-electron chi connectivity index (χ0n) is 18.3. The third kappa shape index (κ3) is 4.94. The van der Waals surface area contributed by atoms with Gasteiger partial charge in [0.2, 0.25) is 0 Å². The van der Waals surface area contributed by atoms with E-state index in [1.165, 1.54) is 5.56 Å². The lowest BCUT2D eigenvalue weighted by atomic mass is 10.0. The van der Waals surface area contributed by atoms with E-state index in [4.69, 9.17) is 4.98 Å². The number of amides is 1. The molecule has 32 heavy (non-hydrogen) atoms. The molecule has 0 atom stereocenters. The molecule has 0 saturated carbocycles. The number of hydrogen-bond acceptors (Lipinski definition) is 3. The first-order chi connectivity index (χ1) is 15.4. The van der Waals surface area contributed by atoms with Crippen molar-refractivity contribution in [2.24, 2.45) is 5.10 Å². The minimum absolute atomic E-state index is 0.267. The van der Waals surface area contributed by atoms with Gasteiger partial charge in [0, 0.05) is 15.4 Å². The summed E-state index contributed by atoms with van der Waals surface area (Å²) < 4.78 is 0.992. The fourth-order valence-electron chi connectivity index (χ4n) is 3.49. The molecule has 0 radical (unpaired) electrons. The number of pyridine rings is 1. The van der Waals surface area contributed by atoms with Crippen LogP contribution in [0, 0.1) is 6.92 Å². The predicted octanol–water partition coefficient (Wildman–Crippen LogP) is 6.86. The maximum Gasteiger partial charge on any atom is 0.272 e. The highest BCUT2D eigenvalue weighted by Gasteiger charge is 2.14. The van der Waals surface area contributed by atoms with E-state index in [0.717, 1.165) is 37.8 Å². The number of fused-ring (bicyclic) bond motifs is 1. The van der Waals surface area contributed by atoms with Crippen molar-refractivity contribution in [1.82, 2.24) is 10.4 Å². The van der Waals surface area contributed by atoms with Crippen LogP contribution in [0.5, 0.6) is 0 Å². The van der Waals surface area contributed by atoms with Gasteiger partial charge >= 0.3 is 0 Å². The molecule has 1 amide bonds. The van der Waals surface area contributed by atoms with Crippen molar-refractivity contribution in [3.63, 3.8) is 0 Å². The second-order valence-electron chi connectivity index (χ2n) is 8.10. The van der Waals surface area contributed by atoms with Crippen molar-refractivity contribution in [3.05, 3.63) is 99.5 Å². The molecule has 4 nitrogen and oxygen atoms in total. The van der Waals surface area contributed by atoms with Gasteiger partial charge in [-0.3, -0.25) is 4.79 Å². The van der Waals surface area contributed by atoms with Crippen LogP contribution in [-0.4, -0.2) is 17.1 Å². The topological polar surface area (TPSA) is 54.4 Å².